The molecule has 2 aromatic rings. The number of amides is 1. The average molecular weight is 315 g/mol. The van der Waals surface area contributed by atoms with Crippen molar-refractivity contribution >= 4 is 33.2 Å². The number of nitrogens with one attached hydrogen (secondary N) is 1. The van der Waals surface area contributed by atoms with Gasteiger partial charge in [0.15, 0.2) is 0 Å². The summed E-state index contributed by atoms with van der Waals surface area (Å²) in [7, 11) is 1.88. The van der Waals surface area contributed by atoms with Crippen molar-refractivity contribution in [2.45, 2.75) is 6.42 Å². The molecule has 0 fully saturated rings. The highest BCUT2D eigenvalue weighted by Gasteiger charge is 2.08. The number of carbonyl (C=O) groups excluding carboxylic acids is 1. The Hall–Kier alpha value is -1.21. The Morgan fingerprint density at radius 1 is 1.59 bits per heavy atom. The highest BCUT2D eigenvalue weighted by molar-refractivity contribution is 9.11. The Labute approximate surface area is 111 Å². The number of aromatic nitrogens is 3. The van der Waals surface area contributed by atoms with E-state index in [1.54, 1.807) is 12.4 Å². The number of rotatable bonds is 4. The number of carbonyl (C=O) groups is 1. The molecule has 0 aliphatic heterocycles. The molecule has 17 heavy (non-hydrogen) atoms. The van der Waals surface area contributed by atoms with E-state index >= 15 is 0 Å². The molecular weight excluding hydrogens is 304 g/mol. The first-order valence-corrected chi connectivity index (χ1v) is 6.64. The molecule has 2 aromatic heterocycles. The summed E-state index contributed by atoms with van der Waals surface area (Å²) in [6.45, 7) is 0.556. The van der Waals surface area contributed by atoms with Crippen LogP contribution >= 0.6 is 27.3 Å². The molecule has 90 valence electrons. The Morgan fingerprint density at radius 2 is 2.41 bits per heavy atom. The molecule has 2 heterocycles. The molecule has 7 heteroatoms. The second-order valence-electron chi connectivity index (χ2n) is 3.47. The minimum Gasteiger partial charge on any atom is -0.351 e. The van der Waals surface area contributed by atoms with E-state index in [9.17, 15) is 4.79 Å². The number of hydrogen-bond donors (Lipinski definition) is 1. The number of aryl methyl sites for hydroxylation is 1. The van der Waals surface area contributed by atoms with E-state index in [1.165, 1.54) is 11.3 Å². The largest absolute Gasteiger partial charge is 0.351 e. The van der Waals surface area contributed by atoms with Crippen molar-refractivity contribution in [3.05, 3.63) is 32.9 Å². The predicted octanol–water partition coefficient (Wildman–Crippen LogP) is 1.61. The molecule has 0 aliphatic carbocycles. The molecule has 0 saturated heterocycles. The minimum absolute atomic E-state index is 0.0529. The third-order valence-electron chi connectivity index (χ3n) is 2.24. The third-order valence-corrected chi connectivity index (χ3v) is 3.86. The van der Waals surface area contributed by atoms with Crippen LogP contribution in [0.3, 0.4) is 0 Å². The maximum absolute atomic E-state index is 11.7. The first kappa shape index (κ1) is 12.3. The summed E-state index contributed by atoms with van der Waals surface area (Å²) in [5.41, 5.74) is 0. The van der Waals surface area contributed by atoms with Crippen LogP contribution in [0, 0.1) is 0 Å². The normalized spacial score (nSPS) is 10.5. The SMILES string of the molecule is Cn1cnnc1CCNC(=O)c1ccc(Br)s1. The van der Waals surface area contributed by atoms with Gasteiger partial charge in [-0.15, -0.1) is 21.5 Å². The highest BCUT2D eigenvalue weighted by Crippen LogP contribution is 2.21. The van der Waals surface area contributed by atoms with Crippen molar-refractivity contribution in [3.63, 3.8) is 0 Å². The summed E-state index contributed by atoms with van der Waals surface area (Å²) in [5.74, 6) is 0.806. The summed E-state index contributed by atoms with van der Waals surface area (Å²) in [6.07, 6.45) is 2.32. The molecule has 0 aromatic carbocycles. The lowest BCUT2D eigenvalue weighted by molar-refractivity contribution is 0.0958. The Kier molecular flexibility index (Phi) is 3.90. The fourth-order valence-corrected chi connectivity index (χ4v) is 2.65. The minimum atomic E-state index is -0.0529. The predicted molar refractivity (Wildman–Crippen MR) is 69.1 cm³/mol. The molecule has 1 amide bonds. The molecule has 1 N–H and O–H groups in total. The maximum atomic E-state index is 11.7. The summed E-state index contributed by atoms with van der Waals surface area (Å²) in [4.78, 5) is 12.4. The van der Waals surface area contributed by atoms with Gasteiger partial charge in [-0.2, -0.15) is 0 Å². The molecule has 2 rings (SSSR count). The smallest absolute Gasteiger partial charge is 0.261 e. The number of nitrogens with zero attached hydrogens (tertiary/aromatic N) is 3. The van der Waals surface area contributed by atoms with Crippen LogP contribution in [-0.2, 0) is 13.5 Å². The quantitative estimate of drug-likeness (QED) is 0.932. The van der Waals surface area contributed by atoms with Gasteiger partial charge >= 0.3 is 0 Å². The van der Waals surface area contributed by atoms with Crippen molar-refractivity contribution in [3.8, 4) is 0 Å². The van der Waals surface area contributed by atoms with E-state index < -0.39 is 0 Å². The molecule has 5 nitrogen and oxygen atoms in total. The van der Waals surface area contributed by atoms with Gasteiger partial charge in [0, 0.05) is 20.0 Å². The fraction of sp³-hybridized carbons (Fsp3) is 0.300. The first-order chi connectivity index (χ1) is 8.16. The second kappa shape index (κ2) is 5.42. The summed E-state index contributed by atoms with van der Waals surface area (Å²) >= 11 is 4.74. The van der Waals surface area contributed by atoms with Crippen LogP contribution < -0.4 is 5.32 Å². The van der Waals surface area contributed by atoms with E-state index in [-0.39, 0.29) is 5.91 Å². The lowest BCUT2D eigenvalue weighted by Crippen LogP contribution is -2.25. The van der Waals surface area contributed by atoms with Gasteiger partial charge in [-0.1, -0.05) is 0 Å². The molecule has 0 atom stereocenters. The molecule has 0 aliphatic rings. The summed E-state index contributed by atoms with van der Waals surface area (Å²) in [6, 6.07) is 3.66. The van der Waals surface area contributed by atoms with Crippen LogP contribution in [0.4, 0.5) is 0 Å². The molecule has 0 radical (unpaired) electrons. The van der Waals surface area contributed by atoms with E-state index in [0.29, 0.717) is 17.8 Å². The zero-order chi connectivity index (χ0) is 12.3. The topological polar surface area (TPSA) is 59.8 Å². The summed E-state index contributed by atoms with van der Waals surface area (Å²) < 4.78 is 2.80. The van der Waals surface area contributed by atoms with Gasteiger partial charge in [-0.3, -0.25) is 4.79 Å². The van der Waals surface area contributed by atoms with Crippen LogP contribution in [0.2, 0.25) is 0 Å². The standard InChI is InChI=1S/C10H11BrN4OS/c1-15-6-13-14-9(15)4-5-12-10(16)7-2-3-8(11)17-7/h2-3,6H,4-5H2,1H3,(H,12,16). The zero-order valence-corrected chi connectivity index (χ0v) is 11.6. The van der Waals surface area contributed by atoms with Gasteiger partial charge in [0.2, 0.25) is 0 Å². The number of halogens is 1. The van der Waals surface area contributed by atoms with Crippen LogP contribution in [0.5, 0.6) is 0 Å². The van der Waals surface area contributed by atoms with Crippen molar-refractivity contribution < 1.29 is 4.79 Å². The van der Waals surface area contributed by atoms with Crippen LogP contribution in [-0.4, -0.2) is 27.2 Å². The second-order valence-corrected chi connectivity index (χ2v) is 5.93. The van der Waals surface area contributed by atoms with Crippen LogP contribution in [0.25, 0.3) is 0 Å². The molecule has 0 bridgehead atoms. The van der Waals surface area contributed by atoms with Crippen LogP contribution in [0.1, 0.15) is 15.5 Å². The Balaban J connectivity index is 1.83. The van der Waals surface area contributed by atoms with Gasteiger partial charge in [0.25, 0.3) is 5.91 Å². The lowest BCUT2D eigenvalue weighted by atomic mass is 10.3. The van der Waals surface area contributed by atoms with Crippen molar-refractivity contribution in [1.29, 1.82) is 0 Å². The van der Waals surface area contributed by atoms with E-state index in [1.807, 2.05) is 17.7 Å². The first-order valence-electron chi connectivity index (χ1n) is 5.03. The zero-order valence-electron chi connectivity index (χ0n) is 9.18. The van der Waals surface area contributed by atoms with E-state index in [2.05, 4.69) is 31.4 Å². The van der Waals surface area contributed by atoms with Gasteiger partial charge < -0.3 is 9.88 Å². The van der Waals surface area contributed by atoms with Crippen molar-refractivity contribution in [2.75, 3.05) is 6.54 Å². The van der Waals surface area contributed by atoms with Crippen LogP contribution in [0.15, 0.2) is 22.2 Å². The average Bonchev–Trinajstić information content (AvgIpc) is 2.88. The third kappa shape index (κ3) is 3.13. The molecule has 0 spiro atoms. The molecule has 0 unspecified atom stereocenters. The monoisotopic (exact) mass is 314 g/mol. The van der Waals surface area contributed by atoms with E-state index in [4.69, 9.17) is 0 Å². The Bertz CT molecular complexity index is 522. The number of thiophene rings is 1. The van der Waals surface area contributed by atoms with Gasteiger partial charge in [0.05, 0.1) is 8.66 Å². The maximum Gasteiger partial charge on any atom is 0.261 e. The van der Waals surface area contributed by atoms with Crippen molar-refractivity contribution in [1.82, 2.24) is 20.1 Å². The summed E-state index contributed by atoms with van der Waals surface area (Å²) in [5, 5.41) is 10.6. The Morgan fingerprint density at radius 3 is 3.00 bits per heavy atom. The molecular formula is C10H11BrN4OS. The van der Waals surface area contributed by atoms with Crippen molar-refractivity contribution in [2.24, 2.45) is 7.05 Å². The fourth-order valence-electron chi connectivity index (χ4n) is 1.34. The van der Waals surface area contributed by atoms with Gasteiger partial charge in [-0.05, 0) is 28.1 Å². The number of hydrogen-bond acceptors (Lipinski definition) is 4. The lowest BCUT2D eigenvalue weighted by Gasteiger charge is -2.02. The highest BCUT2D eigenvalue weighted by atomic mass is 79.9. The van der Waals surface area contributed by atoms with Gasteiger partial charge in [0.1, 0.15) is 12.2 Å². The van der Waals surface area contributed by atoms with Gasteiger partial charge in [-0.25, -0.2) is 0 Å². The molecule has 0 saturated carbocycles. The van der Waals surface area contributed by atoms with E-state index in [0.717, 1.165) is 9.61 Å².